The van der Waals surface area contributed by atoms with Gasteiger partial charge >= 0.3 is 18.9 Å². The second-order valence-corrected chi connectivity index (χ2v) is 8.90. The van der Waals surface area contributed by atoms with Crippen LogP contribution in [0.25, 0.3) is 0 Å². The first-order valence-electron chi connectivity index (χ1n) is 3.99. The van der Waals surface area contributed by atoms with E-state index in [1.165, 1.54) is 13.0 Å². The molecule has 0 atom stereocenters. The molecule has 0 aromatic heterocycles. The molecule has 3 heteroatoms. The van der Waals surface area contributed by atoms with Crippen molar-refractivity contribution in [2.24, 2.45) is 0 Å². The van der Waals surface area contributed by atoms with Crippen LogP contribution in [-0.4, -0.2) is 45.3 Å². The van der Waals surface area contributed by atoms with Gasteiger partial charge in [0.15, 0.2) is 0 Å². The summed E-state index contributed by atoms with van der Waals surface area (Å²) in [7, 11) is 1.23. The minimum atomic E-state index is -0.992. The molecule has 0 fully saturated rings. The van der Waals surface area contributed by atoms with Crippen molar-refractivity contribution in [2.75, 3.05) is 13.6 Å². The van der Waals surface area contributed by atoms with Gasteiger partial charge in [-0.2, -0.15) is 0 Å². The Morgan fingerprint density at radius 1 is 1.27 bits per heavy atom. The van der Waals surface area contributed by atoms with Gasteiger partial charge in [-0.15, -0.1) is 0 Å². The fourth-order valence-corrected chi connectivity index (χ4v) is 1.51. The molecule has 0 saturated heterocycles. The van der Waals surface area contributed by atoms with Crippen LogP contribution in [0.1, 0.15) is 12.8 Å². The Bertz CT molecular complexity index is 90.6. The number of rotatable bonds is 4. The second-order valence-electron chi connectivity index (χ2n) is 3.80. The molecule has 0 aliphatic rings. The number of nitrogens with zero attached hydrogens (tertiary/aromatic N) is 1. The molecule has 0 rings (SSSR count). The Balaban J connectivity index is 0. The van der Waals surface area contributed by atoms with Crippen LogP contribution < -0.4 is 0 Å². The fourth-order valence-electron chi connectivity index (χ4n) is 0.684. The molecular weight excluding hydrogens is 145 g/mol. The van der Waals surface area contributed by atoms with Gasteiger partial charge in [-0.05, 0) is 20.0 Å². The SMILES string of the molecule is [CH2]CCCN(C)[Si](C)(C)C.[LiH]. The van der Waals surface area contributed by atoms with Gasteiger partial charge in [0.25, 0.3) is 0 Å². The van der Waals surface area contributed by atoms with Crippen LogP contribution in [0.3, 0.4) is 0 Å². The molecule has 0 amide bonds. The van der Waals surface area contributed by atoms with Gasteiger partial charge in [-0.3, -0.25) is 0 Å². The topological polar surface area (TPSA) is 3.24 Å². The second kappa shape index (κ2) is 6.31. The van der Waals surface area contributed by atoms with E-state index < -0.39 is 8.24 Å². The third-order valence-corrected chi connectivity index (χ3v) is 4.40. The predicted octanol–water partition coefficient (Wildman–Crippen LogP) is 1.72. The number of hydrogen-bond donors (Lipinski definition) is 0. The average Bonchev–Trinajstić information content (AvgIpc) is 1.80. The van der Waals surface area contributed by atoms with Gasteiger partial charge in [0.2, 0.25) is 0 Å². The van der Waals surface area contributed by atoms with Gasteiger partial charge in [-0.25, -0.2) is 0 Å². The Hall–Kier alpha value is 0.774. The van der Waals surface area contributed by atoms with E-state index in [2.05, 4.69) is 38.2 Å². The van der Waals surface area contributed by atoms with Crippen molar-refractivity contribution < 1.29 is 0 Å². The van der Waals surface area contributed by atoms with E-state index >= 15 is 0 Å². The molecule has 0 saturated carbocycles. The summed E-state index contributed by atoms with van der Waals surface area (Å²) in [4.78, 5) is 0. The quantitative estimate of drug-likeness (QED) is 0.575. The molecular formula is C8H21LiNSi. The van der Waals surface area contributed by atoms with Crippen molar-refractivity contribution in [2.45, 2.75) is 32.5 Å². The molecule has 0 heterocycles. The van der Waals surface area contributed by atoms with Gasteiger partial charge in [0, 0.05) is 0 Å². The van der Waals surface area contributed by atoms with Crippen molar-refractivity contribution in [1.82, 2.24) is 4.57 Å². The Morgan fingerprint density at radius 2 is 1.73 bits per heavy atom. The van der Waals surface area contributed by atoms with E-state index in [9.17, 15) is 0 Å². The number of unbranched alkanes of at least 4 members (excludes halogenated alkanes) is 1. The van der Waals surface area contributed by atoms with Gasteiger partial charge in [-0.1, -0.05) is 33.0 Å². The summed E-state index contributed by atoms with van der Waals surface area (Å²) in [5.41, 5.74) is 0. The van der Waals surface area contributed by atoms with Gasteiger partial charge < -0.3 is 4.57 Å². The first kappa shape index (κ1) is 14.3. The zero-order valence-electron chi connectivity index (χ0n) is 7.78. The normalized spacial score (nSPS) is 11.5. The molecule has 1 nitrogen and oxygen atoms in total. The molecule has 0 aliphatic heterocycles. The van der Waals surface area contributed by atoms with Crippen molar-refractivity contribution in [1.29, 1.82) is 0 Å². The third-order valence-electron chi connectivity index (χ3n) is 1.89. The molecule has 0 unspecified atom stereocenters. The molecule has 63 valence electrons. The molecule has 11 heavy (non-hydrogen) atoms. The molecule has 0 spiro atoms. The van der Waals surface area contributed by atoms with E-state index in [-0.39, 0.29) is 18.9 Å². The fraction of sp³-hybridized carbons (Fsp3) is 0.875. The van der Waals surface area contributed by atoms with E-state index in [1.54, 1.807) is 0 Å². The Morgan fingerprint density at radius 3 is 2.00 bits per heavy atom. The van der Waals surface area contributed by atoms with Crippen LogP contribution in [-0.2, 0) is 0 Å². The number of hydrogen-bond acceptors (Lipinski definition) is 1. The third kappa shape index (κ3) is 7.15. The molecule has 0 aliphatic carbocycles. The van der Waals surface area contributed by atoms with E-state index in [0.29, 0.717) is 0 Å². The average molecular weight is 166 g/mol. The standard InChI is InChI=1S/C8H20NSi.Li.H/c1-6-7-8-9(2)10(3,4)5;;/h1,6-8H2,2-5H3;;. The van der Waals surface area contributed by atoms with Crippen LogP contribution >= 0.6 is 0 Å². The summed E-state index contributed by atoms with van der Waals surface area (Å²) in [6, 6.07) is 0. The monoisotopic (exact) mass is 166 g/mol. The summed E-state index contributed by atoms with van der Waals surface area (Å²) in [5.74, 6) is 0. The zero-order chi connectivity index (χ0) is 8.20. The molecule has 0 bridgehead atoms. The first-order chi connectivity index (χ1) is 4.48. The van der Waals surface area contributed by atoms with Gasteiger partial charge in [0.05, 0.1) is 0 Å². The van der Waals surface area contributed by atoms with E-state index in [0.717, 1.165) is 6.42 Å². The summed E-state index contributed by atoms with van der Waals surface area (Å²) in [5, 5.41) is 0. The van der Waals surface area contributed by atoms with E-state index in [1.807, 2.05) is 0 Å². The van der Waals surface area contributed by atoms with Crippen LogP contribution in [0, 0.1) is 6.92 Å². The maximum absolute atomic E-state index is 3.83. The minimum absolute atomic E-state index is 0. The van der Waals surface area contributed by atoms with Gasteiger partial charge in [0.1, 0.15) is 8.24 Å². The Labute approximate surface area is 84.8 Å². The Kier molecular flexibility index (Phi) is 8.20. The van der Waals surface area contributed by atoms with Crippen molar-refractivity contribution >= 4 is 27.1 Å². The first-order valence-corrected chi connectivity index (χ1v) is 7.43. The van der Waals surface area contributed by atoms with Crippen LogP contribution in [0.4, 0.5) is 0 Å². The van der Waals surface area contributed by atoms with Crippen LogP contribution in [0.2, 0.25) is 19.6 Å². The molecule has 0 N–H and O–H groups in total. The van der Waals surface area contributed by atoms with E-state index in [4.69, 9.17) is 0 Å². The van der Waals surface area contributed by atoms with Crippen molar-refractivity contribution in [3.63, 3.8) is 0 Å². The molecule has 0 aromatic carbocycles. The summed E-state index contributed by atoms with van der Waals surface area (Å²) in [6.07, 6.45) is 2.30. The van der Waals surface area contributed by atoms with Crippen LogP contribution in [0.15, 0.2) is 0 Å². The zero-order valence-corrected chi connectivity index (χ0v) is 8.78. The molecule has 1 radical (unpaired) electrons. The summed E-state index contributed by atoms with van der Waals surface area (Å²) < 4.78 is 2.50. The van der Waals surface area contributed by atoms with Crippen molar-refractivity contribution in [3.05, 3.63) is 6.92 Å². The molecule has 0 aromatic rings. The van der Waals surface area contributed by atoms with Crippen LogP contribution in [0.5, 0.6) is 0 Å². The summed E-state index contributed by atoms with van der Waals surface area (Å²) in [6.45, 7) is 12.2. The maximum atomic E-state index is 3.83. The predicted molar refractivity (Wildman–Crippen MR) is 57.7 cm³/mol. The van der Waals surface area contributed by atoms with Crippen molar-refractivity contribution in [3.8, 4) is 0 Å². The summed E-state index contributed by atoms with van der Waals surface area (Å²) >= 11 is 0.